The van der Waals surface area contributed by atoms with Crippen LogP contribution in [0, 0.1) is 0 Å². The van der Waals surface area contributed by atoms with Crippen molar-refractivity contribution in [1.82, 2.24) is 16.1 Å². The molecule has 0 saturated carbocycles. The Bertz CT molecular complexity index is 394. The first kappa shape index (κ1) is 9.88. The Labute approximate surface area is 92.6 Å². The number of rotatable bonds is 1. The van der Waals surface area contributed by atoms with Crippen LogP contribution < -0.4 is 16.0 Å². The lowest BCUT2D eigenvalue weighted by Crippen LogP contribution is -2.46. The molecule has 1 aromatic rings. The molecule has 2 rings (SSSR count). The second-order valence-corrected chi connectivity index (χ2v) is 3.41. The molecule has 0 radical (unpaired) electrons. The van der Waals surface area contributed by atoms with E-state index in [0.717, 1.165) is 5.69 Å². The Balaban J connectivity index is 2.33. The quantitative estimate of drug-likeness (QED) is 0.680. The average Bonchev–Trinajstić information content (AvgIpc) is 2.61. The van der Waals surface area contributed by atoms with Gasteiger partial charge < -0.3 is 0 Å². The predicted octanol–water partition coefficient (Wildman–Crippen LogP) is 0.564. The molecular weight excluding hydrogens is 212 g/mol. The fraction of sp³-hybridized carbons (Fsp3) is 0.111. The van der Waals surface area contributed by atoms with E-state index in [1.165, 1.54) is 12.0 Å². The number of thiocarbonyl (C=S) groups is 1. The minimum Gasteiger partial charge on any atom is -0.277 e. The van der Waals surface area contributed by atoms with Crippen LogP contribution in [0.4, 0.5) is 5.69 Å². The van der Waals surface area contributed by atoms with E-state index >= 15 is 0 Å². The van der Waals surface area contributed by atoms with Crippen LogP contribution in [0.3, 0.4) is 0 Å². The molecular formula is C9H10N4OS. The summed E-state index contributed by atoms with van der Waals surface area (Å²) in [6.45, 7) is 1.46. The second-order valence-electron chi connectivity index (χ2n) is 3.02. The molecule has 1 aliphatic rings. The van der Waals surface area contributed by atoms with Crippen LogP contribution in [0.1, 0.15) is 6.92 Å². The lowest BCUT2D eigenvalue weighted by Gasteiger charge is -2.24. The first-order valence-corrected chi connectivity index (χ1v) is 4.82. The molecule has 1 aromatic carbocycles. The largest absolute Gasteiger partial charge is 0.277 e. The normalized spacial score (nSPS) is 15.4. The molecule has 0 bridgehead atoms. The molecule has 0 spiro atoms. The molecule has 1 fully saturated rings. The highest BCUT2D eigenvalue weighted by atomic mass is 32.1. The zero-order valence-electron chi connectivity index (χ0n) is 8.10. The van der Waals surface area contributed by atoms with Crippen molar-refractivity contribution in [2.45, 2.75) is 6.92 Å². The van der Waals surface area contributed by atoms with Crippen LogP contribution in [0.25, 0.3) is 0 Å². The average molecular weight is 222 g/mol. The molecule has 15 heavy (non-hydrogen) atoms. The number of para-hydroxylation sites is 1. The summed E-state index contributed by atoms with van der Waals surface area (Å²) in [5.41, 5.74) is 6.21. The van der Waals surface area contributed by atoms with Gasteiger partial charge in [0, 0.05) is 6.92 Å². The highest BCUT2D eigenvalue weighted by molar-refractivity contribution is 7.80. The van der Waals surface area contributed by atoms with Gasteiger partial charge in [-0.2, -0.15) is 5.12 Å². The number of amides is 1. The molecule has 2 N–H and O–H groups in total. The lowest BCUT2D eigenvalue weighted by molar-refractivity contribution is -0.131. The highest BCUT2D eigenvalue weighted by Gasteiger charge is 2.28. The molecule has 0 unspecified atom stereocenters. The second kappa shape index (κ2) is 3.84. The smallest absolute Gasteiger partial charge is 0.254 e. The Morgan fingerprint density at radius 2 is 2.00 bits per heavy atom. The molecule has 1 heterocycles. The third kappa shape index (κ3) is 1.77. The maximum absolute atomic E-state index is 11.3. The van der Waals surface area contributed by atoms with E-state index in [1.807, 2.05) is 30.3 Å². The SMILES string of the molecule is CC(=O)N1NNC(=S)N1c1ccccc1. The van der Waals surface area contributed by atoms with E-state index in [2.05, 4.69) is 11.0 Å². The van der Waals surface area contributed by atoms with Crippen molar-refractivity contribution in [1.29, 1.82) is 0 Å². The number of hydrazine groups is 3. The zero-order chi connectivity index (χ0) is 10.8. The number of nitrogens with one attached hydrogen (secondary N) is 2. The highest BCUT2D eigenvalue weighted by Crippen LogP contribution is 2.17. The minimum absolute atomic E-state index is 0.147. The number of benzene rings is 1. The predicted molar refractivity (Wildman–Crippen MR) is 60.3 cm³/mol. The van der Waals surface area contributed by atoms with Crippen LogP contribution >= 0.6 is 12.2 Å². The van der Waals surface area contributed by atoms with E-state index in [4.69, 9.17) is 12.2 Å². The molecule has 0 atom stereocenters. The van der Waals surface area contributed by atoms with Crippen LogP contribution in [0.2, 0.25) is 0 Å². The summed E-state index contributed by atoms with van der Waals surface area (Å²) in [7, 11) is 0. The monoisotopic (exact) mass is 222 g/mol. The van der Waals surface area contributed by atoms with Gasteiger partial charge in [-0.05, 0) is 24.4 Å². The number of carbonyl (C=O) groups is 1. The zero-order valence-corrected chi connectivity index (χ0v) is 8.91. The Kier molecular flexibility index (Phi) is 2.53. The van der Waals surface area contributed by atoms with Crippen molar-refractivity contribution < 1.29 is 4.79 Å². The van der Waals surface area contributed by atoms with Gasteiger partial charge in [0.25, 0.3) is 5.91 Å². The van der Waals surface area contributed by atoms with E-state index in [9.17, 15) is 4.79 Å². The van der Waals surface area contributed by atoms with Gasteiger partial charge in [-0.25, -0.2) is 5.01 Å². The lowest BCUT2D eigenvalue weighted by atomic mass is 10.3. The van der Waals surface area contributed by atoms with Crippen molar-refractivity contribution in [3.63, 3.8) is 0 Å². The van der Waals surface area contributed by atoms with E-state index < -0.39 is 0 Å². The van der Waals surface area contributed by atoms with Crippen molar-refractivity contribution in [2.24, 2.45) is 0 Å². The topological polar surface area (TPSA) is 47.6 Å². The van der Waals surface area contributed by atoms with Gasteiger partial charge in [-0.1, -0.05) is 18.2 Å². The molecule has 0 aliphatic carbocycles. The molecule has 1 saturated heterocycles. The number of anilines is 1. The van der Waals surface area contributed by atoms with Crippen molar-refractivity contribution >= 4 is 28.9 Å². The van der Waals surface area contributed by atoms with Crippen molar-refractivity contribution in [3.05, 3.63) is 30.3 Å². The van der Waals surface area contributed by atoms with Gasteiger partial charge in [0.15, 0.2) is 0 Å². The summed E-state index contributed by atoms with van der Waals surface area (Å²) < 4.78 is 0. The standard InChI is InChI=1S/C9H10N4OS/c1-7(14)13-11-10-9(15)12(13)8-5-3-2-4-6-8/h2-6,11H,1H3,(H,10,15). The summed E-state index contributed by atoms with van der Waals surface area (Å²) in [6.07, 6.45) is 0. The van der Waals surface area contributed by atoms with E-state index in [1.54, 1.807) is 5.01 Å². The van der Waals surface area contributed by atoms with Gasteiger partial charge in [-0.3, -0.25) is 10.2 Å². The van der Waals surface area contributed by atoms with Gasteiger partial charge in [0.05, 0.1) is 5.69 Å². The van der Waals surface area contributed by atoms with Crippen LogP contribution in [-0.2, 0) is 4.79 Å². The molecule has 0 aromatic heterocycles. The summed E-state index contributed by atoms with van der Waals surface area (Å²) in [6, 6.07) is 9.42. The molecule has 5 nitrogen and oxygen atoms in total. The molecule has 1 aliphatic heterocycles. The van der Waals surface area contributed by atoms with Gasteiger partial charge >= 0.3 is 0 Å². The summed E-state index contributed by atoms with van der Waals surface area (Å²) in [5.74, 6) is -0.147. The molecule has 6 heteroatoms. The van der Waals surface area contributed by atoms with E-state index in [-0.39, 0.29) is 5.91 Å². The van der Waals surface area contributed by atoms with Crippen LogP contribution in [0.15, 0.2) is 30.3 Å². The molecule has 78 valence electrons. The number of hydrogen-bond acceptors (Lipinski definition) is 3. The van der Waals surface area contributed by atoms with E-state index in [0.29, 0.717) is 5.11 Å². The Morgan fingerprint density at radius 1 is 1.33 bits per heavy atom. The Hall–Kier alpha value is -1.66. The summed E-state index contributed by atoms with van der Waals surface area (Å²) in [4.78, 5) is 11.3. The van der Waals surface area contributed by atoms with Crippen LogP contribution in [0.5, 0.6) is 0 Å². The maximum Gasteiger partial charge on any atom is 0.254 e. The summed E-state index contributed by atoms with van der Waals surface area (Å²) in [5, 5.41) is 3.35. The first-order valence-electron chi connectivity index (χ1n) is 4.41. The van der Waals surface area contributed by atoms with Crippen LogP contribution in [-0.4, -0.2) is 16.1 Å². The first-order chi connectivity index (χ1) is 7.20. The fourth-order valence-electron chi connectivity index (χ4n) is 1.32. The number of nitrogens with zero attached hydrogens (tertiary/aromatic N) is 2. The minimum atomic E-state index is -0.147. The number of carbonyl (C=O) groups excluding carboxylic acids is 1. The van der Waals surface area contributed by atoms with Gasteiger partial charge in [0.2, 0.25) is 5.11 Å². The summed E-state index contributed by atoms with van der Waals surface area (Å²) >= 11 is 5.08. The third-order valence-corrected chi connectivity index (χ3v) is 2.24. The van der Waals surface area contributed by atoms with Gasteiger partial charge in [-0.15, -0.1) is 5.53 Å². The molecule has 1 amide bonds. The maximum atomic E-state index is 11.3. The van der Waals surface area contributed by atoms with Crippen molar-refractivity contribution in [2.75, 3.05) is 5.01 Å². The van der Waals surface area contributed by atoms with Gasteiger partial charge in [0.1, 0.15) is 0 Å². The Morgan fingerprint density at radius 3 is 2.60 bits per heavy atom. The van der Waals surface area contributed by atoms with Crippen molar-refractivity contribution in [3.8, 4) is 0 Å². The fourth-order valence-corrected chi connectivity index (χ4v) is 1.55. The number of hydrogen-bond donors (Lipinski definition) is 2. The third-order valence-electron chi connectivity index (χ3n) is 1.96.